The second kappa shape index (κ2) is 4.72. The van der Waals surface area contributed by atoms with Crippen molar-refractivity contribution in [2.75, 3.05) is 6.54 Å². The molecule has 5 heteroatoms. The van der Waals surface area contributed by atoms with Gasteiger partial charge in [-0.15, -0.1) is 0 Å². The van der Waals surface area contributed by atoms with Crippen molar-refractivity contribution in [3.8, 4) is 0 Å². The standard InChI is InChI=1S/C4H7NO2S2/c6-4(7)2-1-3-5(8)9/h1-2,8-9H,3H2,(H,6,7)/b2-1+. The lowest BCUT2D eigenvalue weighted by molar-refractivity contribution is -0.131. The number of rotatable bonds is 3. The van der Waals surface area contributed by atoms with Crippen molar-refractivity contribution in [1.29, 1.82) is 0 Å². The van der Waals surface area contributed by atoms with E-state index >= 15 is 0 Å². The molecule has 0 heterocycles. The Hall–Kier alpha value is -0.130. The Kier molecular flexibility index (Phi) is 4.65. The maximum absolute atomic E-state index is 9.83. The molecule has 52 valence electrons. The van der Waals surface area contributed by atoms with E-state index in [1.807, 2.05) is 0 Å². The molecule has 0 atom stereocenters. The number of carboxylic acid groups (broad SMARTS) is 1. The normalized spacial score (nSPS) is 11.0. The van der Waals surface area contributed by atoms with Gasteiger partial charge in [-0.3, -0.25) is 0 Å². The Morgan fingerprint density at radius 1 is 1.67 bits per heavy atom. The molecule has 0 radical (unpaired) electrons. The molecule has 0 spiro atoms. The van der Waals surface area contributed by atoms with E-state index in [1.165, 1.54) is 9.79 Å². The highest BCUT2D eigenvalue weighted by atomic mass is 32.2. The predicted molar refractivity (Wildman–Crippen MR) is 41.5 cm³/mol. The van der Waals surface area contributed by atoms with Crippen molar-refractivity contribution in [3.05, 3.63) is 12.2 Å². The lowest BCUT2D eigenvalue weighted by Gasteiger charge is -1.98. The molecule has 0 saturated heterocycles. The third kappa shape index (κ3) is 7.87. The third-order valence-electron chi connectivity index (χ3n) is 0.529. The van der Waals surface area contributed by atoms with Crippen molar-refractivity contribution in [3.63, 3.8) is 0 Å². The number of nitrogens with zero attached hydrogens (tertiary/aromatic N) is 1. The Bertz CT molecular complexity index is 124. The van der Waals surface area contributed by atoms with Crippen LogP contribution in [0.2, 0.25) is 0 Å². The zero-order valence-electron chi connectivity index (χ0n) is 4.56. The number of hydrogen-bond acceptors (Lipinski definition) is 4. The molecule has 0 unspecified atom stereocenters. The number of carboxylic acids is 1. The second-order valence-corrected chi connectivity index (χ2v) is 2.58. The minimum atomic E-state index is -0.960. The Morgan fingerprint density at radius 3 is 2.56 bits per heavy atom. The van der Waals surface area contributed by atoms with Gasteiger partial charge in [-0.2, -0.15) is 3.71 Å². The molecule has 0 fully saturated rings. The van der Waals surface area contributed by atoms with Gasteiger partial charge < -0.3 is 5.11 Å². The SMILES string of the molecule is O=C(O)/C=C/CN(S)S. The van der Waals surface area contributed by atoms with Crippen LogP contribution < -0.4 is 0 Å². The molecular formula is C4H7NO2S2. The van der Waals surface area contributed by atoms with Crippen LogP contribution in [-0.4, -0.2) is 21.3 Å². The molecule has 0 aromatic carbocycles. The molecule has 0 bridgehead atoms. The van der Waals surface area contributed by atoms with Crippen LogP contribution in [0, 0.1) is 0 Å². The minimum Gasteiger partial charge on any atom is -0.478 e. The molecule has 0 aliphatic carbocycles. The predicted octanol–water partition coefficient (Wildman–Crippen LogP) is 0.619. The molecule has 0 aliphatic rings. The van der Waals surface area contributed by atoms with Gasteiger partial charge in [0.25, 0.3) is 0 Å². The molecule has 0 amide bonds. The van der Waals surface area contributed by atoms with Crippen LogP contribution in [0.25, 0.3) is 0 Å². The van der Waals surface area contributed by atoms with Gasteiger partial charge in [0.15, 0.2) is 0 Å². The first-order valence-electron chi connectivity index (χ1n) is 2.17. The van der Waals surface area contributed by atoms with E-state index < -0.39 is 5.97 Å². The summed E-state index contributed by atoms with van der Waals surface area (Å²) in [5, 5.41) is 8.07. The Morgan fingerprint density at radius 2 is 2.22 bits per heavy atom. The van der Waals surface area contributed by atoms with Crippen molar-refractivity contribution < 1.29 is 9.90 Å². The van der Waals surface area contributed by atoms with E-state index in [0.717, 1.165) is 6.08 Å². The average molecular weight is 165 g/mol. The maximum atomic E-state index is 9.83. The van der Waals surface area contributed by atoms with Gasteiger partial charge in [-0.1, -0.05) is 31.7 Å². The summed E-state index contributed by atoms with van der Waals surface area (Å²) in [5.41, 5.74) is 0. The highest BCUT2D eigenvalue weighted by molar-refractivity contribution is 7.93. The topological polar surface area (TPSA) is 40.5 Å². The van der Waals surface area contributed by atoms with Gasteiger partial charge in [-0.25, -0.2) is 4.79 Å². The average Bonchev–Trinajstić information content (AvgIpc) is 1.63. The van der Waals surface area contributed by atoms with Crippen LogP contribution in [0.15, 0.2) is 12.2 Å². The second-order valence-electron chi connectivity index (χ2n) is 1.30. The molecule has 0 aromatic heterocycles. The maximum Gasteiger partial charge on any atom is 0.328 e. The van der Waals surface area contributed by atoms with Crippen molar-refractivity contribution in [2.45, 2.75) is 0 Å². The molecule has 0 rings (SSSR count). The fourth-order valence-electron chi connectivity index (χ4n) is 0.248. The number of carbonyl (C=O) groups is 1. The van der Waals surface area contributed by atoms with Crippen molar-refractivity contribution in [1.82, 2.24) is 3.71 Å². The van der Waals surface area contributed by atoms with Gasteiger partial charge >= 0.3 is 5.97 Å². The summed E-state index contributed by atoms with van der Waals surface area (Å²) in [6, 6.07) is 0. The summed E-state index contributed by atoms with van der Waals surface area (Å²) < 4.78 is 1.28. The van der Waals surface area contributed by atoms with E-state index in [-0.39, 0.29) is 0 Å². The highest BCUT2D eigenvalue weighted by Crippen LogP contribution is 1.94. The van der Waals surface area contributed by atoms with Crippen molar-refractivity contribution >= 4 is 31.6 Å². The summed E-state index contributed by atoms with van der Waals surface area (Å²) in [5.74, 6) is -0.960. The first kappa shape index (κ1) is 8.87. The lowest BCUT2D eigenvalue weighted by Crippen LogP contribution is -1.97. The fraction of sp³-hybridized carbons (Fsp3) is 0.250. The summed E-state index contributed by atoms with van der Waals surface area (Å²) in [4.78, 5) is 9.83. The van der Waals surface area contributed by atoms with E-state index in [1.54, 1.807) is 0 Å². The first-order valence-corrected chi connectivity index (χ1v) is 2.97. The third-order valence-corrected chi connectivity index (χ3v) is 0.856. The van der Waals surface area contributed by atoms with Crippen LogP contribution in [0.5, 0.6) is 0 Å². The van der Waals surface area contributed by atoms with Crippen LogP contribution in [0.4, 0.5) is 0 Å². The van der Waals surface area contributed by atoms with Crippen LogP contribution in [0.3, 0.4) is 0 Å². The minimum absolute atomic E-state index is 0.401. The van der Waals surface area contributed by atoms with Crippen LogP contribution in [-0.2, 0) is 4.79 Å². The molecular weight excluding hydrogens is 158 g/mol. The summed E-state index contributed by atoms with van der Waals surface area (Å²) in [6.45, 7) is 0.401. The van der Waals surface area contributed by atoms with E-state index in [0.29, 0.717) is 6.54 Å². The lowest BCUT2D eigenvalue weighted by atomic mass is 10.5. The zero-order chi connectivity index (χ0) is 7.28. The molecule has 0 saturated carbocycles. The summed E-state index contributed by atoms with van der Waals surface area (Å²) in [7, 11) is 0. The molecule has 0 aliphatic heterocycles. The number of thiol groups is 2. The van der Waals surface area contributed by atoms with Gasteiger partial charge in [0.1, 0.15) is 0 Å². The van der Waals surface area contributed by atoms with Gasteiger partial charge in [-0.05, 0) is 0 Å². The van der Waals surface area contributed by atoms with E-state index in [2.05, 4.69) is 25.6 Å². The van der Waals surface area contributed by atoms with Crippen molar-refractivity contribution in [2.24, 2.45) is 0 Å². The van der Waals surface area contributed by atoms with Crippen LogP contribution >= 0.6 is 25.6 Å². The van der Waals surface area contributed by atoms with E-state index in [9.17, 15) is 4.79 Å². The summed E-state index contributed by atoms with van der Waals surface area (Å²) in [6.07, 6.45) is 2.49. The highest BCUT2D eigenvalue weighted by Gasteiger charge is 1.86. The zero-order valence-corrected chi connectivity index (χ0v) is 6.35. The Balaban J connectivity index is 3.36. The summed E-state index contributed by atoms with van der Waals surface area (Å²) >= 11 is 7.51. The number of aliphatic carboxylic acids is 1. The van der Waals surface area contributed by atoms with Gasteiger partial charge in [0.05, 0.1) is 0 Å². The fourth-order valence-corrected chi connectivity index (χ4v) is 0.436. The first-order chi connectivity index (χ1) is 4.13. The smallest absolute Gasteiger partial charge is 0.328 e. The largest absolute Gasteiger partial charge is 0.478 e. The molecule has 3 nitrogen and oxygen atoms in total. The quantitative estimate of drug-likeness (QED) is 0.424. The number of hydrogen-bond donors (Lipinski definition) is 3. The van der Waals surface area contributed by atoms with Gasteiger partial charge in [0.2, 0.25) is 0 Å². The Labute approximate surface area is 64.4 Å². The molecule has 1 N–H and O–H groups in total. The molecule has 9 heavy (non-hydrogen) atoms. The van der Waals surface area contributed by atoms with Gasteiger partial charge in [0, 0.05) is 12.6 Å². The molecule has 0 aromatic rings. The van der Waals surface area contributed by atoms with E-state index in [4.69, 9.17) is 5.11 Å². The monoisotopic (exact) mass is 165 g/mol. The van der Waals surface area contributed by atoms with Crippen LogP contribution in [0.1, 0.15) is 0 Å².